The maximum atomic E-state index is 4.25. The number of guanidine groups is 1. The fourth-order valence-corrected chi connectivity index (χ4v) is 3.03. The molecule has 118 valence electrons. The molecule has 5 nitrogen and oxygen atoms in total. The number of aromatic nitrogens is 2. The van der Waals surface area contributed by atoms with Gasteiger partial charge in [0.25, 0.3) is 0 Å². The van der Waals surface area contributed by atoms with Gasteiger partial charge >= 0.3 is 0 Å². The van der Waals surface area contributed by atoms with E-state index in [1.807, 2.05) is 31.2 Å². The van der Waals surface area contributed by atoms with E-state index in [4.69, 9.17) is 0 Å². The Kier molecular flexibility index (Phi) is 6.57. The SMILES string of the molecule is CN=C(NCCCCC1CCCC1)NCc1cnn(C)c1. The smallest absolute Gasteiger partial charge is 0.191 e. The van der Waals surface area contributed by atoms with E-state index in [0.29, 0.717) is 0 Å². The first kappa shape index (κ1) is 15.9. The molecule has 2 N–H and O–H groups in total. The van der Waals surface area contributed by atoms with Gasteiger partial charge in [-0.2, -0.15) is 5.10 Å². The molecule has 0 spiro atoms. The van der Waals surface area contributed by atoms with E-state index >= 15 is 0 Å². The molecular weight excluding hydrogens is 262 g/mol. The van der Waals surface area contributed by atoms with Gasteiger partial charge in [0.1, 0.15) is 0 Å². The molecule has 1 aliphatic rings. The molecule has 1 aromatic heterocycles. The molecule has 2 rings (SSSR count). The molecule has 1 aromatic rings. The Morgan fingerprint density at radius 2 is 2.14 bits per heavy atom. The maximum Gasteiger partial charge on any atom is 0.191 e. The number of rotatable bonds is 7. The van der Waals surface area contributed by atoms with E-state index in [-0.39, 0.29) is 0 Å². The van der Waals surface area contributed by atoms with Crippen molar-refractivity contribution in [2.45, 2.75) is 51.5 Å². The summed E-state index contributed by atoms with van der Waals surface area (Å²) in [6.45, 7) is 1.76. The number of hydrogen-bond donors (Lipinski definition) is 2. The van der Waals surface area contributed by atoms with E-state index < -0.39 is 0 Å². The van der Waals surface area contributed by atoms with Gasteiger partial charge in [-0.1, -0.05) is 38.5 Å². The first-order valence-electron chi connectivity index (χ1n) is 8.20. The van der Waals surface area contributed by atoms with E-state index in [0.717, 1.165) is 25.0 Å². The summed E-state index contributed by atoms with van der Waals surface area (Å²) in [4.78, 5) is 4.25. The van der Waals surface area contributed by atoms with Crippen LogP contribution in [0.2, 0.25) is 0 Å². The van der Waals surface area contributed by atoms with Crippen LogP contribution in [0.5, 0.6) is 0 Å². The lowest BCUT2D eigenvalue weighted by molar-refractivity contribution is 0.472. The summed E-state index contributed by atoms with van der Waals surface area (Å²) >= 11 is 0. The van der Waals surface area contributed by atoms with Crippen LogP contribution in [0.15, 0.2) is 17.4 Å². The third-order valence-electron chi connectivity index (χ3n) is 4.25. The van der Waals surface area contributed by atoms with Crippen LogP contribution in [0.3, 0.4) is 0 Å². The second kappa shape index (κ2) is 8.70. The number of nitrogens with one attached hydrogen (secondary N) is 2. The highest BCUT2D eigenvalue weighted by molar-refractivity contribution is 5.79. The average Bonchev–Trinajstić information content (AvgIpc) is 3.13. The minimum absolute atomic E-state index is 0.760. The zero-order valence-electron chi connectivity index (χ0n) is 13.4. The van der Waals surface area contributed by atoms with Crippen LogP contribution < -0.4 is 10.6 Å². The monoisotopic (exact) mass is 291 g/mol. The van der Waals surface area contributed by atoms with Gasteiger partial charge in [0.2, 0.25) is 0 Å². The molecule has 5 heteroatoms. The van der Waals surface area contributed by atoms with Crippen LogP contribution in [-0.4, -0.2) is 29.3 Å². The third-order valence-corrected chi connectivity index (χ3v) is 4.25. The highest BCUT2D eigenvalue weighted by Gasteiger charge is 2.13. The molecule has 0 saturated heterocycles. The van der Waals surface area contributed by atoms with Gasteiger partial charge in [0.05, 0.1) is 6.20 Å². The molecule has 1 aliphatic carbocycles. The lowest BCUT2D eigenvalue weighted by atomic mass is 10.0. The largest absolute Gasteiger partial charge is 0.356 e. The van der Waals surface area contributed by atoms with Gasteiger partial charge in [-0.25, -0.2) is 0 Å². The van der Waals surface area contributed by atoms with Crippen molar-refractivity contribution >= 4 is 5.96 Å². The van der Waals surface area contributed by atoms with E-state index in [1.54, 1.807) is 0 Å². The highest BCUT2D eigenvalue weighted by Crippen LogP contribution is 2.28. The summed E-state index contributed by atoms with van der Waals surface area (Å²) in [5, 5.41) is 10.9. The Bertz CT molecular complexity index is 432. The van der Waals surface area contributed by atoms with Crippen molar-refractivity contribution in [3.05, 3.63) is 18.0 Å². The molecule has 0 amide bonds. The second-order valence-corrected chi connectivity index (χ2v) is 6.02. The molecule has 21 heavy (non-hydrogen) atoms. The lowest BCUT2D eigenvalue weighted by Crippen LogP contribution is -2.37. The Labute approximate surface area is 128 Å². The van der Waals surface area contributed by atoms with Crippen LogP contribution in [0.25, 0.3) is 0 Å². The Morgan fingerprint density at radius 3 is 2.81 bits per heavy atom. The van der Waals surface area contributed by atoms with Gasteiger partial charge < -0.3 is 10.6 Å². The summed E-state index contributed by atoms with van der Waals surface area (Å²) in [5.41, 5.74) is 1.17. The van der Waals surface area contributed by atoms with Crippen LogP contribution in [-0.2, 0) is 13.6 Å². The third kappa shape index (κ3) is 5.78. The summed E-state index contributed by atoms with van der Waals surface area (Å²) in [7, 11) is 3.75. The number of nitrogens with zero attached hydrogens (tertiary/aromatic N) is 3. The molecule has 1 fully saturated rings. The molecule has 0 bridgehead atoms. The lowest BCUT2D eigenvalue weighted by Gasteiger charge is -2.12. The predicted octanol–water partition coefficient (Wildman–Crippen LogP) is 2.45. The molecule has 1 heterocycles. The first-order valence-corrected chi connectivity index (χ1v) is 8.20. The first-order chi connectivity index (χ1) is 10.3. The molecule has 0 atom stereocenters. The van der Waals surface area contributed by atoms with Crippen LogP contribution in [0, 0.1) is 5.92 Å². The van der Waals surface area contributed by atoms with Crippen molar-refractivity contribution in [2.24, 2.45) is 18.0 Å². The van der Waals surface area contributed by atoms with Gasteiger partial charge in [-0.15, -0.1) is 0 Å². The molecule has 1 saturated carbocycles. The zero-order chi connectivity index (χ0) is 14.9. The molecule has 0 aliphatic heterocycles. The van der Waals surface area contributed by atoms with E-state index in [2.05, 4.69) is 20.7 Å². The summed E-state index contributed by atoms with van der Waals surface area (Å²) in [6, 6.07) is 0. The van der Waals surface area contributed by atoms with Gasteiger partial charge in [0, 0.05) is 38.9 Å². The number of unbranched alkanes of at least 4 members (excludes halogenated alkanes) is 1. The van der Waals surface area contributed by atoms with Crippen molar-refractivity contribution in [3.8, 4) is 0 Å². The minimum Gasteiger partial charge on any atom is -0.356 e. The fraction of sp³-hybridized carbons (Fsp3) is 0.750. The van der Waals surface area contributed by atoms with Gasteiger partial charge in [-0.3, -0.25) is 9.67 Å². The number of aryl methyl sites for hydroxylation is 1. The quantitative estimate of drug-likeness (QED) is 0.461. The second-order valence-electron chi connectivity index (χ2n) is 6.02. The van der Waals surface area contributed by atoms with Crippen molar-refractivity contribution in [2.75, 3.05) is 13.6 Å². The standard InChI is InChI=1S/C16H29N5/c1-17-16(19-11-15-12-20-21(2)13-15)18-10-6-5-9-14-7-3-4-8-14/h12-14H,3-11H2,1-2H3,(H2,17,18,19). The molecule has 0 aromatic carbocycles. The van der Waals surface area contributed by atoms with Crippen molar-refractivity contribution in [1.29, 1.82) is 0 Å². The minimum atomic E-state index is 0.760. The Hall–Kier alpha value is -1.52. The average molecular weight is 291 g/mol. The number of hydrogen-bond acceptors (Lipinski definition) is 2. The molecular formula is C16H29N5. The maximum absolute atomic E-state index is 4.25. The summed E-state index contributed by atoms with van der Waals surface area (Å²) in [5.74, 6) is 1.88. The molecule has 0 radical (unpaired) electrons. The summed E-state index contributed by atoms with van der Waals surface area (Å²) < 4.78 is 1.82. The van der Waals surface area contributed by atoms with Crippen LogP contribution >= 0.6 is 0 Å². The predicted molar refractivity (Wildman–Crippen MR) is 87.2 cm³/mol. The van der Waals surface area contributed by atoms with Crippen LogP contribution in [0.4, 0.5) is 0 Å². The highest BCUT2D eigenvalue weighted by atomic mass is 15.2. The van der Waals surface area contributed by atoms with Crippen molar-refractivity contribution < 1.29 is 0 Å². The van der Waals surface area contributed by atoms with Crippen LogP contribution in [0.1, 0.15) is 50.5 Å². The Morgan fingerprint density at radius 1 is 1.33 bits per heavy atom. The van der Waals surface area contributed by atoms with E-state index in [1.165, 1.54) is 50.5 Å². The summed E-state index contributed by atoms with van der Waals surface area (Å²) in [6.07, 6.45) is 13.7. The van der Waals surface area contributed by atoms with Crippen molar-refractivity contribution in [3.63, 3.8) is 0 Å². The van der Waals surface area contributed by atoms with Gasteiger partial charge in [-0.05, 0) is 12.3 Å². The molecule has 0 unspecified atom stereocenters. The zero-order valence-corrected chi connectivity index (χ0v) is 13.4. The topological polar surface area (TPSA) is 54.2 Å². The Balaban J connectivity index is 1.55. The van der Waals surface area contributed by atoms with E-state index in [9.17, 15) is 0 Å². The normalized spacial score (nSPS) is 16.4. The van der Waals surface area contributed by atoms with Gasteiger partial charge in [0.15, 0.2) is 5.96 Å². The fourth-order valence-electron chi connectivity index (χ4n) is 3.03. The number of aliphatic imine (C=N–C) groups is 1. The van der Waals surface area contributed by atoms with Crippen molar-refractivity contribution in [1.82, 2.24) is 20.4 Å².